The normalized spacial score (nSPS) is 16.9. The predicted molar refractivity (Wildman–Crippen MR) is 82.6 cm³/mol. The summed E-state index contributed by atoms with van der Waals surface area (Å²) in [7, 11) is 2.12. The molecule has 0 radical (unpaired) electrons. The molecule has 3 N–H and O–H groups in total. The number of amides is 1. The van der Waals surface area contributed by atoms with Gasteiger partial charge >= 0.3 is 0 Å². The summed E-state index contributed by atoms with van der Waals surface area (Å²) in [5.41, 5.74) is 6.17. The third-order valence-electron chi connectivity index (χ3n) is 3.74. The van der Waals surface area contributed by atoms with Gasteiger partial charge in [-0.2, -0.15) is 0 Å². The molecule has 1 aliphatic heterocycles. The van der Waals surface area contributed by atoms with Crippen LogP contribution in [0.15, 0.2) is 18.2 Å². The van der Waals surface area contributed by atoms with Crippen LogP contribution in [0, 0.1) is 5.82 Å². The molecule has 2 rings (SSSR count). The molecule has 116 valence electrons. The Morgan fingerprint density at radius 3 is 2.76 bits per heavy atom. The number of likely N-dealkylation sites (N-methyl/N-ethyl adjacent to an activating group) is 1. The highest BCUT2D eigenvalue weighted by molar-refractivity contribution is 5.91. The minimum atomic E-state index is -0.461. The van der Waals surface area contributed by atoms with E-state index in [0.29, 0.717) is 12.1 Å². The van der Waals surface area contributed by atoms with Crippen molar-refractivity contribution in [1.82, 2.24) is 9.80 Å². The largest absolute Gasteiger partial charge is 0.399 e. The zero-order valence-electron chi connectivity index (χ0n) is 12.4. The molecule has 0 aromatic heterocycles. The maximum Gasteiger partial charge on any atom is 0.224 e. The van der Waals surface area contributed by atoms with Crippen LogP contribution < -0.4 is 11.1 Å². The van der Waals surface area contributed by atoms with Crippen LogP contribution in [-0.4, -0.2) is 55.5 Å². The Kier molecular flexibility index (Phi) is 5.52. The van der Waals surface area contributed by atoms with Crippen molar-refractivity contribution >= 4 is 17.3 Å². The summed E-state index contributed by atoms with van der Waals surface area (Å²) in [6, 6.07) is 4.17. The summed E-state index contributed by atoms with van der Waals surface area (Å²) < 4.78 is 13.5. The maximum absolute atomic E-state index is 13.5. The molecule has 1 aromatic carbocycles. The number of carbonyl (C=O) groups excluding carboxylic acids is 1. The van der Waals surface area contributed by atoms with Crippen LogP contribution in [0.3, 0.4) is 0 Å². The molecule has 0 unspecified atom stereocenters. The first kappa shape index (κ1) is 15.7. The number of nitrogens with one attached hydrogen (secondary N) is 1. The standard InChI is InChI=1S/C15H23FN4O/c1-19-7-9-20(10-8-19)6-2-3-15(21)18-14-11-12(17)4-5-13(14)16/h4-5,11H,2-3,6-10,17H2,1H3,(H,18,21). The highest BCUT2D eigenvalue weighted by atomic mass is 19.1. The smallest absolute Gasteiger partial charge is 0.224 e. The van der Waals surface area contributed by atoms with E-state index < -0.39 is 5.82 Å². The Hall–Kier alpha value is -1.66. The maximum atomic E-state index is 13.5. The number of hydrogen-bond donors (Lipinski definition) is 2. The number of carbonyl (C=O) groups is 1. The van der Waals surface area contributed by atoms with Crippen molar-refractivity contribution in [1.29, 1.82) is 0 Å². The molecule has 1 fully saturated rings. The first-order chi connectivity index (χ1) is 10.0. The van der Waals surface area contributed by atoms with Gasteiger partial charge in [0.15, 0.2) is 0 Å². The molecule has 1 saturated heterocycles. The lowest BCUT2D eigenvalue weighted by molar-refractivity contribution is -0.116. The van der Waals surface area contributed by atoms with Gasteiger partial charge in [-0.15, -0.1) is 0 Å². The molecule has 1 amide bonds. The Balaban J connectivity index is 1.71. The molecule has 1 aliphatic rings. The van der Waals surface area contributed by atoms with Gasteiger partial charge in [-0.3, -0.25) is 4.79 Å². The summed E-state index contributed by atoms with van der Waals surface area (Å²) >= 11 is 0. The van der Waals surface area contributed by atoms with Crippen molar-refractivity contribution in [3.63, 3.8) is 0 Å². The number of piperazine rings is 1. The Morgan fingerprint density at radius 2 is 2.05 bits per heavy atom. The Morgan fingerprint density at radius 1 is 1.33 bits per heavy atom. The molecule has 1 heterocycles. The molecular formula is C15H23FN4O. The molecule has 21 heavy (non-hydrogen) atoms. The van der Waals surface area contributed by atoms with Gasteiger partial charge in [0.25, 0.3) is 0 Å². The number of nitrogens with two attached hydrogens (primary N) is 1. The average Bonchev–Trinajstić information content (AvgIpc) is 2.45. The van der Waals surface area contributed by atoms with Gasteiger partial charge in [0.2, 0.25) is 5.91 Å². The highest BCUT2D eigenvalue weighted by Gasteiger charge is 2.14. The minimum Gasteiger partial charge on any atom is -0.399 e. The van der Waals surface area contributed by atoms with Crippen LogP contribution >= 0.6 is 0 Å². The second-order valence-electron chi connectivity index (χ2n) is 5.54. The number of nitrogens with zero attached hydrogens (tertiary/aromatic N) is 2. The van der Waals surface area contributed by atoms with E-state index >= 15 is 0 Å². The van der Waals surface area contributed by atoms with Crippen LogP contribution in [0.1, 0.15) is 12.8 Å². The highest BCUT2D eigenvalue weighted by Crippen LogP contribution is 2.17. The van der Waals surface area contributed by atoms with Gasteiger partial charge in [0.1, 0.15) is 5.82 Å². The molecule has 0 saturated carbocycles. The first-order valence-corrected chi connectivity index (χ1v) is 7.30. The molecule has 1 aromatic rings. The second-order valence-corrected chi connectivity index (χ2v) is 5.54. The third kappa shape index (κ3) is 4.99. The number of benzene rings is 1. The van der Waals surface area contributed by atoms with Crippen LogP contribution in [-0.2, 0) is 4.79 Å². The van der Waals surface area contributed by atoms with E-state index in [1.807, 2.05) is 0 Å². The van der Waals surface area contributed by atoms with Crippen molar-refractivity contribution in [2.75, 3.05) is 50.8 Å². The van der Waals surface area contributed by atoms with Crippen molar-refractivity contribution in [3.8, 4) is 0 Å². The minimum absolute atomic E-state index is 0.152. The van der Waals surface area contributed by atoms with Crippen LogP contribution in [0.2, 0.25) is 0 Å². The molecular weight excluding hydrogens is 271 g/mol. The van der Waals surface area contributed by atoms with Gasteiger partial charge in [0, 0.05) is 38.3 Å². The van der Waals surface area contributed by atoms with Gasteiger partial charge < -0.3 is 20.9 Å². The van der Waals surface area contributed by atoms with E-state index in [2.05, 4.69) is 22.2 Å². The van der Waals surface area contributed by atoms with Crippen molar-refractivity contribution in [2.24, 2.45) is 0 Å². The Labute approximate surface area is 124 Å². The summed E-state index contributed by atoms with van der Waals surface area (Å²) in [5, 5.41) is 2.58. The van der Waals surface area contributed by atoms with Gasteiger partial charge in [-0.25, -0.2) is 4.39 Å². The second kappa shape index (κ2) is 7.38. The molecule has 5 nitrogen and oxygen atoms in total. The number of rotatable bonds is 5. The summed E-state index contributed by atoms with van der Waals surface area (Å²) in [4.78, 5) is 16.5. The van der Waals surface area contributed by atoms with E-state index in [4.69, 9.17) is 5.73 Å². The van der Waals surface area contributed by atoms with E-state index in [9.17, 15) is 9.18 Å². The molecule has 0 aliphatic carbocycles. The van der Waals surface area contributed by atoms with E-state index in [1.165, 1.54) is 18.2 Å². The van der Waals surface area contributed by atoms with E-state index in [0.717, 1.165) is 39.1 Å². The first-order valence-electron chi connectivity index (χ1n) is 7.30. The predicted octanol–water partition coefficient (Wildman–Crippen LogP) is 1.37. The van der Waals surface area contributed by atoms with Gasteiger partial charge in [0.05, 0.1) is 5.69 Å². The SMILES string of the molecule is CN1CCN(CCCC(=O)Nc2cc(N)ccc2F)CC1. The Bertz CT molecular complexity index is 487. The van der Waals surface area contributed by atoms with Crippen molar-refractivity contribution < 1.29 is 9.18 Å². The topological polar surface area (TPSA) is 61.6 Å². The monoisotopic (exact) mass is 294 g/mol. The summed E-state index contributed by atoms with van der Waals surface area (Å²) in [5.74, 6) is -0.634. The molecule has 6 heteroatoms. The van der Waals surface area contributed by atoms with E-state index in [-0.39, 0.29) is 11.6 Å². The lowest BCUT2D eigenvalue weighted by Gasteiger charge is -2.32. The third-order valence-corrected chi connectivity index (χ3v) is 3.74. The fraction of sp³-hybridized carbons (Fsp3) is 0.533. The van der Waals surface area contributed by atoms with Crippen LogP contribution in [0.25, 0.3) is 0 Å². The number of nitrogen functional groups attached to an aromatic ring is 1. The molecule has 0 atom stereocenters. The molecule has 0 spiro atoms. The zero-order chi connectivity index (χ0) is 15.2. The number of halogens is 1. The average molecular weight is 294 g/mol. The van der Waals surface area contributed by atoms with Crippen molar-refractivity contribution in [2.45, 2.75) is 12.8 Å². The van der Waals surface area contributed by atoms with Crippen LogP contribution in [0.5, 0.6) is 0 Å². The fourth-order valence-electron chi connectivity index (χ4n) is 2.39. The van der Waals surface area contributed by atoms with Crippen LogP contribution in [0.4, 0.5) is 15.8 Å². The van der Waals surface area contributed by atoms with E-state index in [1.54, 1.807) is 0 Å². The quantitative estimate of drug-likeness (QED) is 0.805. The zero-order valence-corrected chi connectivity index (χ0v) is 12.4. The summed E-state index contributed by atoms with van der Waals surface area (Å²) in [6.45, 7) is 5.13. The fourth-order valence-corrected chi connectivity index (χ4v) is 2.39. The molecule has 0 bridgehead atoms. The van der Waals surface area contributed by atoms with Gasteiger partial charge in [-0.1, -0.05) is 0 Å². The lowest BCUT2D eigenvalue weighted by atomic mass is 10.2. The van der Waals surface area contributed by atoms with Crippen molar-refractivity contribution in [3.05, 3.63) is 24.0 Å². The number of anilines is 2. The van der Waals surface area contributed by atoms with Gasteiger partial charge in [-0.05, 0) is 38.2 Å². The number of hydrogen-bond acceptors (Lipinski definition) is 4. The lowest BCUT2D eigenvalue weighted by Crippen LogP contribution is -2.44. The summed E-state index contributed by atoms with van der Waals surface area (Å²) in [6.07, 6.45) is 1.17.